The van der Waals surface area contributed by atoms with E-state index in [2.05, 4.69) is 96.0 Å². The van der Waals surface area contributed by atoms with Crippen LogP contribution in [0.4, 0.5) is 5.69 Å². The SMILES string of the molecule is O=[N+]([O-])c1ccc(-c2c3nc(c(-c4ccccc4)c4ccc([nH]4)c(-c4ccccc4)c4nc(c(-c5ccccc5)c5ccc2s5)C=C4)C=C3)cc1. The van der Waals surface area contributed by atoms with Crippen LogP contribution in [0.3, 0.4) is 0 Å². The average Bonchev–Trinajstić information content (AvgIpc) is 4.01. The zero-order valence-electron chi connectivity index (χ0n) is 27.2. The maximum atomic E-state index is 11.6. The van der Waals surface area contributed by atoms with Crippen molar-refractivity contribution in [1.82, 2.24) is 15.0 Å². The number of benzene rings is 4. The predicted molar refractivity (Wildman–Crippen MR) is 211 cm³/mol. The van der Waals surface area contributed by atoms with Gasteiger partial charge in [0.2, 0.25) is 0 Å². The Balaban J connectivity index is 1.46. The number of nitro benzene ring substituents is 1. The highest BCUT2D eigenvalue weighted by atomic mass is 32.1. The van der Waals surface area contributed by atoms with Crippen LogP contribution in [0.2, 0.25) is 0 Å². The van der Waals surface area contributed by atoms with Gasteiger partial charge >= 0.3 is 0 Å². The van der Waals surface area contributed by atoms with Crippen LogP contribution in [0.1, 0.15) is 22.8 Å². The molecular weight excluding hydrogens is 649 g/mol. The highest BCUT2D eigenvalue weighted by Crippen LogP contribution is 2.41. The van der Waals surface area contributed by atoms with Gasteiger partial charge in [-0.05, 0) is 83.0 Å². The fraction of sp³-hybridized carbons (Fsp3) is 0. The Kier molecular flexibility index (Phi) is 7.52. The van der Waals surface area contributed by atoms with Gasteiger partial charge in [-0.15, -0.1) is 11.3 Å². The summed E-state index contributed by atoms with van der Waals surface area (Å²) in [4.78, 5) is 25.6. The summed E-state index contributed by atoms with van der Waals surface area (Å²) in [5.74, 6) is 0. The van der Waals surface area contributed by atoms with Gasteiger partial charge in [0.25, 0.3) is 5.69 Å². The second-order valence-corrected chi connectivity index (χ2v) is 13.4. The molecule has 3 aromatic heterocycles. The summed E-state index contributed by atoms with van der Waals surface area (Å²) in [5, 5.41) is 11.6. The minimum Gasteiger partial charge on any atom is -0.354 e. The summed E-state index contributed by atoms with van der Waals surface area (Å²) in [6.07, 6.45) is 8.32. The fourth-order valence-electron chi connectivity index (χ4n) is 6.85. The van der Waals surface area contributed by atoms with E-state index in [4.69, 9.17) is 9.97 Å². The highest BCUT2D eigenvalue weighted by Gasteiger charge is 2.19. The number of rotatable bonds is 5. The van der Waals surface area contributed by atoms with Crippen molar-refractivity contribution in [3.63, 3.8) is 0 Å². The quantitative estimate of drug-likeness (QED) is 0.145. The maximum absolute atomic E-state index is 11.6. The number of nitrogens with zero attached hydrogens (tertiary/aromatic N) is 3. The van der Waals surface area contributed by atoms with E-state index < -0.39 is 0 Å². The lowest BCUT2D eigenvalue weighted by molar-refractivity contribution is -0.384. The molecule has 0 saturated heterocycles. The molecule has 242 valence electrons. The lowest BCUT2D eigenvalue weighted by atomic mass is 10.0. The van der Waals surface area contributed by atoms with Crippen molar-refractivity contribution in [2.45, 2.75) is 0 Å². The number of thiophene rings is 1. The molecule has 0 fully saturated rings. The van der Waals surface area contributed by atoms with Gasteiger partial charge in [-0.3, -0.25) is 10.1 Å². The van der Waals surface area contributed by atoms with Crippen LogP contribution in [0.15, 0.2) is 140 Å². The predicted octanol–water partition coefficient (Wildman–Crippen LogP) is 12.0. The first-order chi connectivity index (χ1) is 25.1. The van der Waals surface area contributed by atoms with Crippen LogP contribution in [-0.2, 0) is 0 Å². The Morgan fingerprint density at radius 2 is 0.824 bits per heavy atom. The molecular formula is C44H28N4O2S. The third-order valence-corrected chi connectivity index (χ3v) is 10.3. The van der Waals surface area contributed by atoms with Crippen LogP contribution in [0.25, 0.3) is 89.2 Å². The van der Waals surface area contributed by atoms with Crippen molar-refractivity contribution >= 4 is 61.8 Å². The standard InChI is InChI=1S/C44H28N4O2S/c49-48(50)32-18-16-31(17-19-32)44-38-25-23-36(47-38)42(29-12-6-2-7-13-29)34-21-20-33(45-34)41(28-10-4-1-5-11-28)35-22-24-37(46-35)43(30-14-8-3-9-15-30)39-26-27-40(44)51-39/h1-27,45H. The number of nitrogens with one attached hydrogen (secondary N) is 1. The molecule has 7 aromatic rings. The van der Waals surface area contributed by atoms with Gasteiger partial charge in [0, 0.05) is 54.8 Å². The van der Waals surface area contributed by atoms with Crippen molar-refractivity contribution in [1.29, 1.82) is 0 Å². The Bertz CT molecular complexity index is 2660. The van der Waals surface area contributed by atoms with Crippen molar-refractivity contribution in [3.05, 3.63) is 172 Å². The van der Waals surface area contributed by atoms with Crippen LogP contribution >= 0.6 is 11.3 Å². The largest absolute Gasteiger partial charge is 0.354 e. The maximum Gasteiger partial charge on any atom is 0.269 e. The Morgan fingerprint density at radius 3 is 1.24 bits per heavy atom. The van der Waals surface area contributed by atoms with Crippen molar-refractivity contribution in [2.24, 2.45) is 0 Å². The van der Waals surface area contributed by atoms with Crippen molar-refractivity contribution < 1.29 is 4.92 Å². The van der Waals surface area contributed by atoms with E-state index >= 15 is 0 Å². The molecule has 5 heterocycles. The molecule has 9 rings (SSSR count). The highest BCUT2D eigenvalue weighted by molar-refractivity contribution is 7.24. The number of non-ortho nitro benzene ring substituents is 1. The van der Waals surface area contributed by atoms with Crippen LogP contribution < -0.4 is 0 Å². The monoisotopic (exact) mass is 676 g/mol. The average molecular weight is 677 g/mol. The summed E-state index contributed by atoms with van der Waals surface area (Å²) in [5.41, 5.74) is 13.2. The number of H-pyrrole nitrogens is 1. The van der Waals surface area contributed by atoms with Crippen molar-refractivity contribution in [3.8, 4) is 44.5 Å². The molecule has 7 heteroatoms. The number of hydrogen-bond donors (Lipinski definition) is 1. The van der Waals surface area contributed by atoms with Gasteiger partial charge in [-0.25, -0.2) is 9.97 Å². The van der Waals surface area contributed by atoms with E-state index in [1.807, 2.05) is 60.7 Å². The fourth-order valence-corrected chi connectivity index (χ4v) is 8.01. The second-order valence-electron chi connectivity index (χ2n) is 12.3. The zero-order chi connectivity index (χ0) is 34.3. The van der Waals surface area contributed by atoms with Crippen LogP contribution in [0, 0.1) is 10.1 Å². The Labute approximate surface area is 297 Å². The van der Waals surface area contributed by atoms with Crippen molar-refractivity contribution in [2.75, 3.05) is 0 Å². The van der Waals surface area contributed by atoms with E-state index in [-0.39, 0.29) is 10.6 Å². The molecule has 0 unspecified atom stereocenters. The van der Waals surface area contributed by atoms with Gasteiger partial charge in [-0.1, -0.05) is 91.0 Å². The second kappa shape index (κ2) is 12.6. The summed E-state index contributed by atoms with van der Waals surface area (Å²) in [6.45, 7) is 0. The lowest BCUT2D eigenvalue weighted by Crippen LogP contribution is -1.89. The van der Waals surface area contributed by atoms with E-state index in [1.54, 1.807) is 23.5 Å². The van der Waals surface area contributed by atoms with Crippen LogP contribution in [0.5, 0.6) is 0 Å². The molecule has 51 heavy (non-hydrogen) atoms. The molecule has 6 nitrogen and oxygen atoms in total. The zero-order valence-corrected chi connectivity index (χ0v) is 28.0. The van der Waals surface area contributed by atoms with Gasteiger partial charge in [0.15, 0.2) is 0 Å². The normalized spacial score (nSPS) is 11.9. The number of nitro groups is 1. The van der Waals surface area contributed by atoms with Gasteiger partial charge in [0.05, 0.1) is 27.7 Å². The molecule has 0 spiro atoms. The molecule has 0 atom stereocenters. The van der Waals surface area contributed by atoms with E-state index in [9.17, 15) is 10.1 Å². The van der Waals surface area contributed by atoms with Gasteiger partial charge in [-0.2, -0.15) is 0 Å². The lowest BCUT2D eigenvalue weighted by Gasteiger charge is -2.06. The first-order valence-corrected chi connectivity index (χ1v) is 17.4. The van der Waals surface area contributed by atoms with Gasteiger partial charge in [0.1, 0.15) is 0 Å². The number of aromatic nitrogens is 3. The topological polar surface area (TPSA) is 84.7 Å². The Morgan fingerprint density at radius 1 is 0.451 bits per heavy atom. The van der Waals surface area contributed by atoms with E-state index in [0.29, 0.717) is 0 Å². The summed E-state index contributed by atoms with van der Waals surface area (Å²) in [7, 11) is 0. The molecule has 2 aliphatic rings. The third-order valence-electron chi connectivity index (χ3n) is 9.18. The minimum atomic E-state index is -0.371. The van der Waals surface area contributed by atoms with Crippen LogP contribution in [-0.4, -0.2) is 19.9 Å². The first kappa shape index (κ1) is 30.4. The minimum absolute atomic E-state index is 0.0438. The third kappa shape index (κ3) is 5.56. The molecule has 0 saturated carbocycles. The molecule has 2 aliphatic heterocycles. The molecule has 8 bridgehead atoms. The number of hydrogen-bond acceptors (Lipinski definition) is 5. The van der Waals surface area contributed by atoms with Gasteiger partial charge < -0.3 is 4.98 Å². The Hall–Kier alpha value is -6.70. The van der Waals surface area contributed by atoms with E-state index in [0.717, 1.165) is 87.7 Å². The summed E-state index contributed by atoms with van der Waals surface area (Å²) in [6, 6.07) is 46.3. The van der Waals surface area contributed by atoms with E-state index in [1.165, 1.54) is 0 Å². The molecule has 0 aliphatic carbocycles. The summed E-state index contributed by atoms with van der Waals surface area (Å²) >= 11 is 1.66. The molecule has 0 amide bonds. The molecule has 0 radical (unpaired) electrons. The molecule has 4 aromatic carbocycles. The first-order valence-electron chi connectivity index (χ1n) is 16.6. The number of fused-ring (bicyclic) bond motifs is 8. The summed E-state index contributed by atoms with van der Waals surface area (Å²) < 4.78 is 2.05. The smallest absolute Gasteiger partial charge is 0.269 e. The molecule has 1 N–H and O–H groups in total. The number of aromatic amines is 1.